The third kappa shape index (κ3) is 4.55. The van der Waals surface area contributed by atoms with Crippen LogP contribution in [0, 0.1) is 23.2 Å². The number of fused-ring (bicyclic) bond motifs is 2. The molecule has 0 radical (unpaired) electrons. The zero-order valence-corrected chi connectivity index (χ0v) is 20.4. The smallest absolute Gasteiger partial charge is 0.379 e. The van der Waals surface area contributed by atoms with Crippen LogP contribution in [0.1, 0.15) is 42.5 Å². The minimum absolute atomic E-state index is 0.0237. The van der Waals surface area contributed by atoms with E-state index in [1.165, 1.54) is 0 Å². The van der Waals surface area contributed by atoms with Crippen molar-refractivity contribution in [3.8, 4) is 0 Å². The first-order chi connectivity index (χ1) is 17.1. The van der Waals surface area contributed by atoms with Gasteiger partial charge in [-0.25, -0.2) is 4.79 Å². The number of alkyl halides is 3. The first-order valence-electron chi connectivity index (χ1n) is 12.6. The van der Waals surface area contributed by atoms with E-state index in [1.54, 1.807) is 16.9 Å². The van der Waals surface area contributed by atoms with Crippen molar-refractivity contribution < 1.29 is 32.2 Å². The third-order valence-corrected chi connectivity index (χ3v) is 8.74. The van der Waals surface area contributed by atoms with Gasteiger partial charge in [0.05, 0.1) is 23.7 Å². The van der Waals surface area contributed by atoms with Crippen LogP contribution in [0.25, 0.3) is 0 Å². The second-order valence-electron chi connectivity index (χ2n) is 10.8. The molecule has 5 rings (SSSR count). The lowest BCUT2D eigenvalue weighted by atomic mass is 9.78. The molecule has 1 aromatic heterocycles. The van der Waals surface area contributed by atoms with E-state index >= 15 is 0 Å². The standard InChI is InChI=1S/C25H33F3N4O4/c1-35-21-13-36-5-3-16(21)6-15-7-19-12-32(23(29)34)14-24(19,9-15)22(33)31-4-2-20-17(11-31)8-18(10-30-20)25(26,27)28/h8,10,15-16,19,21H,2-7,9,11-14H2,1H3,(H2,29,34)/t15-,16+,19+,21+,24+/m1/s1. The summed E-state index contributed by atoms with van der Waals surface area (Å²) in [4.78, 5) is 33.3. The van der Waals surface area contributed by atoms with Crippen molar-refractivity contribution in [2.24, 2.45) is 28.9 Å². The van der Waals surface area contributed by atoms with Crippen LogP contribution in [-0.4, -0.2) is 72.8 Å². The molecular formula is C25H33F3N4O4. The van der Waals surface area contributed by atoms with E-state index in [0.717, 1.165) is 31.5 Å². The van der Waals surface area contributed by atoms with Crippen molar-refractivity contribution >= 4 is 11.9 Å². The number of pyridine rings is 1. The molecule has 36 heavy (non-hydrogen) atoms. The highest BCUT2D eigenvalue weighted by atomic mass is 19.4. The minimum Gasteiger partial charge on any atom is -0.379 e. The first-order valence-corrected chi connectivity index (χ1v) is 12.6. The molecule has 3 fully saturated rings. The summed E-state index contributed by atoms with van der Waals surface area (Å²) in [5.74, 6) is 0.535. The van der Waals surface area contributed by atoms with Crippen molar-refractivity contribution in [1.82, 2.24) is 14.8 Å². The van der Waals surface area contributed by atoms with Crippen molar-refractivity contribution in [3.63, 3.8) is 0 Å². The van der Waals surface area contributed by atoms with E-state index in [0.29, 0.717) is 62.2 Å². The van der Waals surface area contributed by atoms with Crippen LogP contribution in [0.5, 0.6) is 0 Å². The van der Waals surface area contributed by atoms with Crippen molar-refractivity contribution in [2.45, 2.75) is 50.9 Å². The first kappa shape index (κ1) is 25.3. The summed E-state index contributed by atoms with van der Waals surface area (Å²) in [6, 6.07) is 0.564. The molecule has 11 heteroatoms. The van der Waals surface area contributed by atoms with E-state index in [4.69, 9.17) is 15.2 Å². The highest BCUT2D eigenvalue weighted by Crippen LogP contribution is 2.54. The Morgan fingerprint density at radius 1 is 1.33 bits per heavy atom. The molecule has 2 saturated heterocycles. The largest absolute Gasteiger partial charge is 0.417 e. The molecular weight excluding hydrogens is 477 g/mol. The summed E-state index contributed by atoms with van der Waals surface area (Å²) in [5.41, 5.74) is 5.05. The van der Waals surface area contributed by atoms with Crippen LogP contribution in [0.4, 0.5) is 18.0 Å². The van der Waals surface area contributed by atoms with Gasteiger partial charge in [0.25, 0.3) is 0 Å². The summed E-state index contributed by atoms with van der Waals surface area (Å²) < 4.78 is 51.0. The highest BCUT2D eigenvalue weighted by Gasteiger charge is 2.59. The second-order valence-corrected chi connectivity index (χ2v) is 10.8. The summed E-state index contributed by atoms with van der Waals surface area (Å²) in [7, 11) is 1.69. The fraction of sp³-hybridized carbons (Fsp3) is 0.720. The lowest BCUT2D eigenvalue weighted by Crippen LogP contribution is -2.49. The number of ether oxygens (including phenoxy) is 2. The third-order valence-electron chi connectivity index (χ3n) is 8.74. The summed E-state index contributed by atoms with van der Waals surface area (Å²) in [5, 5.41) is 0. The number of halogens is 3. The van der Waals surface area contributed by atoms with Crippen molar-refractivity contribution in [3.05, 3.63) is 29.1 Å². The molecule has 1 saturated carbocycles. The number of primary amides is 1. The normalized spacial score (nSPS) is 32.3. The van der Waals surface area contributed by atoms with Crippen LogP contribution in [-0.2, 0) is 33.4 Å². The summed E-state index contributed by atoms with van der Waals surface area (Å²) in [6.45, 7) is 2.44. The fourth-order valence-corrected chi connectivity index (χ4v) is 6.97. The minimum atomic E-state index is -4.49. The molecule has 0 bridgehead atoms. The van der Waals surface area contributed by atoms with Crippen LogP contribution in [0.3, 0.4) is 0 Å². The van der Waals surface area contributed by atoms with Gasteiger partial charge in [-0.2, -0.15) is 13.2 Å². The van der Waals surface area contributed by atoms with Gasteiger partial charge in [0.15, 0.2) is 0 Å². The van der Waals surface area contributed by atoms with Gasteiger partial charge in [-0.1, -0.05) is 0 Å². The molecule has 198 valence electrons. The van der Waals surface area contributed by atoms with E-state index < -0.39 is 23.2 Å². The zero-order chi connectivity index (χ0) is 25.7. The van der Waals surface area contributed by atoms with Gasteiger partial charge >= 0.3 is 12.2 Å². The maximum absolute atomic E-state index is 14.1. The predicted octanol–water partition coefficient (Wildman–Crippen LogP) is 2.83. The second kappa shape index (κ2) is 9.48. The van der Waals surface area contributed by atoms with E-state index in [9.17, 15) is 22.8 Å². The Hall–Kier alpha value is -2.40. The molecule has 3 amide bonds. The Labute approximate surface area is 208 Å². The average molecular weight is 511 g/mol. The molecule has 0 spiro atoms. The molecule has 0 unspecified atom stereocenters. The van der Waals surface area contributed by atoms with Crippen molar-refractivity contribution in [2.75, 3.05) is 40.0 Å². The number of likely N-dealkylation sites (tertiary alicyclic amines) is 1. The number of hydrogen-bond acceptors (Lipinski definition) is 5. The van der Waals surface area contributed by atoms with Crippen LogP contribution >= 0.6 is 0 Å². The van der Waals surface area contributed by atoms with Crippen LogP contribution in [0.15, 0.2) is 12.3 Å². The van der Waals surface area contributed by atoms with Crippen molar-refractivity contribution in [1.29, 1.82) is 0 Å². The molecule has 0 aromatic carbocycles. The van der Waals surface area contributed by atoms with Gasteiger partial charge in [0.1, 0.15) is 0 Å². The van der Waals surface area contributed by atoms with Gasteiger partial charge in [0, 0.05) is 58.2 Å². The number of carbonyl (C=O) groups is 2. The SMILES string of the molecule is CO[C@H]1COCC[C@H]1C[C@@H]1C[C@H]2CN(C(N)=O)C[C@@]2(C(=O)N2CCc3ncc(C(F)(F)F)cc3C2)C1. The molecule has 3 aliphatic heterocycles. The summed E-state index contributed by atoms with van der Waals surface area (Å²) in [6.07, 6.45) is 0.0809. The summed E-state index contributed by atoms with van der Waals surface area (Å²) >= 11 is 0. The lowest BCUT2D eigenvalue weighted by molar-refractivity contribution is -0.144. The number of nitrogens with two attached hydrogens (primary N) is 1. The number of amides is 3. The molecule has 8 nitrogen and oxygen atoms in total. The van der Waals surface area contributed by atoms with E-state index in [1.807, 2.05) is 0 Å². The fourth-order valence-electron chi connectivity index (χ4n) is 6.97. The monoisotopic (exact) mass is 510 g/mol. The van der Waals surface area contributed by atoms with Crippen LogP contribution in [0.2, 0.25) is 0 Å². The topological polar surface area (TPSA) is 98.0 Å². The van der Waals surface area contributed by atoms with Gasteiger partial charge in [-0.05, 0) is 55.1 Å². The average Bonchev–Trinajstić information content (AvgIpc) is 3.38. The van der Waals surface area contributed by atoms with Gasteiger partial charge in [0.2, 0.25) is 5.91 Å². The number of aromatic nitrogens is 1. The Morgan fingerprint density at radius 2 is 2.14 bits per heavy atom. The quantitative estimate of drug-likeness (QED) is 0.672. The Morgan fingerprint density at radius 3 is 2.86 bits per heavy atom. The van der Waals surface area contributed by atoms with Gasteiger partial charge < -0.3 is 25.0 Å². The lowest BCUT2D eigenvalue weighted by Gasteiger charge is -2.37. The zero-order valence-electron chi connectivity index (χ0n) is 20.4. The number of urea groups is 1. The van der Waals surface area contributed by atoms with Gasteiger partial charge in [-0.3, -0.25) is 9.78 Å². The molecule has 4 aliphatic rings. The van der Waals surface area contributed by atoms with E-state index in [2.05, 4.69) is 4.98 Å². The molecule has 5 atom stereocenters. The molecule has 4 heterocycles. The maximum Gasteiger partial charge on any atom is 0.417 e. The number of methoxy groups -OCH3 is 1. The van der Waals surface area contributed by atoms with E-state index in [-0.39, 0.29) is 31.0 Å². The number of nitrogens with zero attached hydrogens (tertiary/aromatic N) is 3. The molecule has 1 aromatic rings. The Bertz CT molecular complexity index is 1020. The number of hydrogen-bond donors (Lipinski definition) is 1. The number of rotatable bonds is 4. The van der Waals surface area contributed by atoms with Crippen LogP contribution < -0.4 is 5.73 Å². The predicted molar refractivity (Wildman–Crippen MR) is 123 cm³/mol. The van der Waals surface area contributed by atoms with Gasteiger partial charge in [-0.15, -0.1) is 0 Å². The Kier molecular flexibility index (Phi) is 6.65. The highest BCUT2D eigenvalue weighted by molar-refractivity contribution is 5.86. The number of carbonyl (C=O) groups excluding carboxylic acids is 2. The molecule has 1 aliphatic carbocycles. The molecule has 2 N–H and O–H groups in total. The maximum atomic E-state index is 14.1. The Balaban J connectivity index is 1.36.